The van der Waals surface area contributed by atoms with E-state index >= 15 is 0 Å². The number of hydrogen-bond acceptors (Lipinski definition) is 8. The molecule has 2 aliphatic heterocycles. The number of aromatic nitrogens is 2. The molecule has 4 N–H and O–H groups in total. The second-order valence-electron chi connectivity index (χ2n) is 5.51. The van der Waals surface area contributed by atoms with Crippen molar-refractivity contribution in [1.29, 1.82) is 0 Å². The summed E-state index contributed by atoms with van der Waals surface area (Å²) < 4.78 is 11.6. The number of anilines is 1. The highest BCUT2D eigenvalue weighted by atomic mass is 16.6. The normalized spacial score (nSPS) is 31.5. The number of aromatic amines is 1. The number of aliphatic hydroxyl groups is 3. The minimum atomic E-state index is -1.40. The van der Waals surface area contributed by atoms with Gasteiger partial charge in [0.15, 0.2) is 6.23 Å². The van der Waals surface area contributed by atoms with Crippen LogP contribution in [-0.2, 0) is 9.47 Å². The highest BCUT2D eigenvalue weighted by molar-refractivity contribution is 5.42. The fraction of sp³-hybridized carbons (Fsp3) is 0.692. The van der Waals surface area contributed by atoms with Gasteiger partial charge < -0.3 is 29.7 Å². The number of nitrogens with one attached hydrogen (secondary N) is 1. The van der Waals surface area contributed by atoms with Gasteiger partial charge in [-0.15, -0.1) is 0 Å². The molecule has 4 atom stereocenters. The molecule has 1 aromatic rings. The van der Waals surface area contributed by atoms with Gasteiger partial charge in [0.25, 0.3) is 5.56 Å². The van der Waals surface area contributed by atoms with Gasteiger partial charge in [-0.25, -0.2) is 4.79 Å². The Hall–Kier alpha value is -1.72. The Morgan fingerprint density at radius 2 is 1.91 bits per heavy atom. The topological polar surface area (TPSA) is 137 Å². The minimum absolute atomic E-state index is 0.255. The van der Waals surface area contributed by atoms with Gasteiger partial charge in [-0.2, -0.15) is 0 Å². The Balaban J connectivity index is 1.96. The van der Waals surface area contributed by atoms with Gasteiger partial charge in [0, 0.05) is 19.3 Å². The maximum atomic E-state index is 12.0. The summed E-state index contributed by atoms with van der Waals surface area (Å²) in [7, 11) is 0. The van der Waals surface area contributed by atoms with Crippen molar-refractivity contribution in [1.82, 2.24) is 9.55 Å². The van der Waals surface area contributed by atoms with Crippen LogP contribution < -0.4 is 16.1 Å². The molecule has 0 bridgehead atoms. The molecule has 128 valence electrons. The van der Waals surface area contributed by atoms with E-state index in [-0.39, 0.29) is 5.69 Å². The molecule has 0 aromatic carbocycles. The van der Waals surface area contributed by atoms with Crippen LogP contribution in [0.2, 0.25) is 0 Å². The fourth-order valence-corrected chi connectivity index (χ4v) is 2.80. The molecule has 23 heavy (non-hydrogen) atoms. The maximum Gasteiger partial charge on any atom is 0.330 e. The molecule has 0 unspecified atom stereocenters. The molecule has 3 rings (SSSR count). The minimum Gasteiger partial charge on any atom is -0.394 e. The van der Waals surface area contributed by atoms with E-state index in [0.717, 1.165) is 4.57 Å². The van der Waals surface area contributed by atoms with Crippen LogP contribution in [0, 0.1) is 0 Å². The van der Waals surface area contributed by atoms with Crippen LogP contribution in [0.1, 0.15) is 6.23 Å². The molecule has 10 nitrogen and oxygen atoms in total. The van der Waals surface area contributed by atoms with Crippen molar-refractivity contribution in [2.75, 3.05) is 37.8 Å². The summed E-state index contributed by atoms with van der Waals surface area (Å²) in [5, 5.41) is 29.0. The van der Waals surface area contributed by atoms with Crippen LogP contribution in [0.3, 0.4) is 0 Å². The lowest BCUT2D eigenvalue weighted by molar-refractivity contribution is -0.0549. The standard InChI is InChI=1S/C13H19N3O7/c17-6-8-9(18)10(19)12(23-8)16-5-7(11(20)14-13(16)21)15-1-3-22-4-2-15/h5,8-10,12,17-19H,1-4,6H2,(H,14,20,21)/t8-,9+,10-,12+/m0/s1. The maximum absolute atomic E-state index is 12.0. The third-order valence-corrected chi connectivity index (χ3v) is 4.09. The zero-order valence-corrected chi connectivity index (χ0v) is 12.3. The average molecular weight is 329 g/mol. The molecule has 0 saturated carbocycles. The number of morpholine rings is 1. The number of nitrogens with zero attached hydrogens (tertiary/aromatic N) is 2. The Labute approximate surface area is 130 Å². The van der Waals surface area contributed by atoms with Crippen molar-refractivity contribution in [3.05, 3.63) is 27.0 Å². The third kappa shape index (κ3) is 2.91. The SMILES string of the molecule is O=c1[nH]c(=O)n([C@@H]2O[C@@H](CO)[C@@H](O)[C@@H]2O)cc1N1CCOCC1. The fourth-order valence-electron chi connectivity index (χ4n) is 2.80. The highest BCUT2D eigenvalue weighted by Crippen LogP contribution is 2.28. The van der Waals surface area contributed by atoms with E-state index in [2.05, 4.69) is 4.98 Å². The van der Waals surface area contributed by atoms with Gasteiger partial charge >= 0.3 is 5.69 Å². The van der Waals surface area contributed by atoms with Crippen molar-refractivity contribution in [3.8, 4) is 0 Å². The monoisotopic (exact) mass is 329 g/mol. The van der Waals surface area contributed by atoms with E-state index in [1.165, 1.54) is 6.20 Å². The summed E-state index contributed by atoms with van der Waals surface area (Å²) in [6.07, 6.45) is -3.61. The Bertz CT molecular complexity index is 666. The van der Waals surface area contributed by atoms with Crippen LogP contribution in [0.4, 0.5) is 5.69 Å². The molecular weight excluding hydrogens is 310 g/mol. The third-order valence-electron chi connectivity index (χ3n) is 4.09. The first-order valence-corrected chi connectivity index (χ1v) is 7.33. The molecule has 1 aromatic heterocycles. The average Bonchev–Trinajstić information content (AvgIpc) is 2.84. The van der Waals surface area contributed by atoms with E-state index in [1.54, 1.807) is 4.90 Å². The van der Waals surface area contributed by atoms with Crippen molar-refractivity contribution >= 4 is 5.69 Å². The molecule has 2 fully saturated rings. The number of H-pyrrole nitrogens is 1. The van der Waals surface area contributed by atoms with Crippen LogP contribution >= 0.6 is 0 Å². The number of hydrogen-bond donors (Lipinski definition) is 4. The summed E-state index contributed by atoms with van der Waals surface area (Å²) in [6, 6.07) is 0. The zero-order chi connectivity index (χ0) is 16.6. The molecule has 10 heteroatoms. The van der Waals surface area contributed by atoms with Crippen LogP contribution in [0.25, 0.3) is 0 Å². The lowest BCUT2D eigenvalue weighted by Gasteiger charge is -2.28. The van der Waals surface area contributed by atoms with Gasteiger partial charge in [-0.1, -0.05) is 0 Å². The van der Waals surface area contributed by atoms with Crippen LogP contribution in [-0.4, -0.2) is 76.1 Å². The van der Waals surface area contributed by atoms with E-state index in [4.69, 9.17) is 14.6 Å². The molecule has 0 radical (unpaired) electrons. The summed E-state index contributed by atoms with van der Waals surface area (Å²) in [5.41, 5.74) is -1.05. The van der Waals surface area contributed by atoms with Gasteiger partial charge in [0.1, 0.15) is 24.0 Å². The summed E-state index contributed by atoms with van der Waals surface area (Å²) >= 11 is 0. The molecule has 2 saturated heterocycles. The predicted molar refractivity (Wildman–Crippen MR) is 77.4 cm³/mol. The summed E-state index contributed by atoms with van der Waals surface area (Å²) in [5.74, 6) is 0. The number of ether oxygens (including phenoxy) is 2. The van der Waals surface area contributed by atoms with Crippen molar-refractivity contribution in [2.24, 2.45) is 0 Å². The molecule has 2 aliphatic rings. The van der Waals surface area contributed by atoms with Crippen molar-refractivity contribution in [2.45, 2.75) is 24.5 Å². The lowest BCUT2D eigenvalue weighted by atomic mass is 10.1. The van der Waals surface area contributed by atoms with E-state index in [9.17, 15) is 19.8 Å². The largest absolute Gasteiger partial charge is 0.394 e. The first-order chi connectivity index (χ1) is 11.0. The van der Waals surface area contributed by atoms with Gasteiger partial charge in [-0.05, 0) is 0 Å². The molecule has 3 heterocycles. The van der Waals surface area contributed by atoms with Crippen LogP contribution in [0.5, 0.6) is 0 Å². The van der Waals surface area contributed by atoms with Gasteiger partial charge in [0.2, 0.25) is 0 Å². The molecule has 0 amide bonds. The first kappa shape index (κ1) is 16.1. The first-order valence-electron chi connectivity index (χ1n) is 7.33. The van der Waals surface area contributed by atoms with E-state index in [0.29, 0.717) is 26.3 Å². The second kappa shape index (κ2) is 6.42. The molecular formula is C13H19N3O7. The second-order valence-corrected chi connectivity index (χ2v) is 5.51. The van der Waals surface area contributed by atoms with Crippen LogP contribution in [0.15, 0.2) is 15.8 Å². The van der Waals surface area contributed by atoms with Gasteiger partial charge in [-0.3, -0.25) is 14.3 Å². The summed E-state index contributed by atoms with van der Waals surface area (Å²) in [4.78, 5) is 28.0. The Morgan fingerprint density at radius 3 is 2.52 bits per heavy atom. The molecule has 0 aliphatic carbocycles. The number of rotatable bonds is 3. The highest BCUT2D eigenvalue weighted by Gasteiger charge is 2.44. The zero-order valence-electron chi connectivity index (χ0n) is 12.3. The van der Waals surface area contributed by atoms with Crippen molar-refractivity contribution in [3.63, 3.8) is 0 Å². The van der Waals surface area contributed by atoms with Gasteiger partial charge in [0.05, 0.1) is 19.8 Å². The number of aliphatic hydroxyl groups excluding tert-OH is 3. The van der Waals surface area contributed by atoms with E-state index in [1.807, 2.05) is 0 Å². The summed E-state index contributed by atoms with van der Waals surface area (Å²) in [6.45, 7) is 1.43. The Kier molecular flexibility index (Phi) is 4.50. The van der Waals surface area contributed by atoms with Crippen molar-refractivity contribution < 1.29 is 24.8 Å². The lowest BCUT2D eigenvalue weighted by Crippen LogP contribution is -2.43. The molecule has 0 spiro atoms. The Morgan fingerprint density at radius 1 is 1.22 bits per heavy atom. The quantitative estimate of drug-likeness (QED) is 0.460. The predicted octanol–water partition coefficient (Wildman–Crippen LogP) is -3.02. The smallest absolute Gasteiger partial charge is 0.330 e. The van der Waals surface area contributed by atoms with E-state index < -0.39 is 42.4 Å².